The molecule has 0 bridgehead atoms. The Labute approximate surface area is 194 Å². The van der Waals surface area contributed by atoms with Gasteiger partial charge in [-0.25, -0.2) is 9.07 Å². The van der Waals surface area contributed by atoms with Crippen LogP contribution >= 0.6 is 11.6 Å². The number of benzene rings is 2. The van der Waals surface area contributed by atoms with E-state index < -0.39 is 4.92 Å². The van der Waals surface area contributed by atoms with E-state index in [0.717, 1.165) is 0 Å². The highest BCUT2D eigenvalue weighted by Crippen LogP contribution is 2.26. The molecule has 0 saturated carbocycles. The van der Waals surface area contributed by atoms with Crippen molar-refractivity contribution >= 4 is 23.2 Å². The van der Waals surface area contributed by atoms with Gasteiger partial charge < -0.3 is 9.64 Å². The van der Waals surface area contributed by atoms with E-state index in [9.17, 15) is 19.3 Å². The molecule has 1 aliphatic heterocycles. The molecule has 4 rings (SSSR count). The summed E-state index contributed by atoms with van der Waals surface area (Å²) in [5, 5.41) is 15.7. The number of halogens is 2. The first-order valence-corrected chi connectivity index (χ1v) is 10.6. The highest BCUT2D eigenvalue weighted by molar-refractivity contribution is 6.31. The number of hydrogen-bond acceptors (Lipinski definition) is 6. The first-order valence-electron chi connectivity index (χ1n) is 10.3. The third kappa shape index (κ3) is 5.29. The van der Waals surface area contributed by atoms with Crippen molar-refractivity contribution in [2.75, 3.05) is 26.2 Å². The van der Waals surface area contributed by atoms with Gasteiger partial charge >= 0.3 is 5.69 Å². The molecule has 0 aliphatic carbocycles. The highest BCUT2D eigenvalue weighted by atomic mass is 35.5. The number of piperazine rings is 1. The number of carbonyl (C=O) groups excluding carboxylic acids is 1. The molecule has 0 radical (unpaired) electrons. The summed E-state index contributed by atoms with van der Waals surface area (Å²) in [5.41, 5.74) is 0.568. The molecule has 11 heteroatoms. The molecule has 1 aliphatic rings. The minimum absolute atomic E-state index is 0.0741. The van der Waals surface area contributed by atoms with Gasteiger partial charge in [-0.05, 0) is 24.3 Å². The number of para-hydroxylation sites is 2. The number of rotatable bonds is 7. The second-order valence-electron chi connectivity index (χ2n) is 7.51. The largest absolute Gasteiger partial charge is 0.464 e. The summed E-state index contributed by atoms with van der Waals surface area (Å²) in [5.74, 6) is -0.436. The normalized spacial score (nSPS) is 14.3. The Morgan fingerprint density at radius 3 is 2.61 bits per heavy atom. The summed E-state index contributed by atoms with van der Waals surface area (Å²) in [6, 6.07) is 12.3. The van der Waals surface area contributed by atoms with Gasteiger partial charge in [0.25, 0.3) is 5.91 Å². The van der Waals surface area contributed by atoms with Crippen LogP contribution in [0.15, 0.2) is 54.7 Å². The van der Waals surface area contributed by atoms with Crippen LogP contribution in [0.2, 0.25) is 5.02 Å². The third-order valence-corrected chi connectivity index (χ3v) is 5.73. The minimum atomic E-state index is -0.521. The maximum atomic E-state index is 14.0. The SMILES string of the molecule is O=C(c1ccn(COc2ccccc2[N+](=O)[O-])n1)N1CCN(Cc2c(F)cccc2Cl)CC1. The number of aromatic nitrogens is 2. The summed E-state index contributed by atoms with van der Waals surface area (Å²) < 4.78 is 20.9. The molecule has 9 nitrogen and oxygen atoms in total. The average molecular weight is 474 g/mol. The predicted molar refractivity (Wildman–Crippen MR) is 119 cm³/mol. The van der Waals surface area contributed by atoms with E-state index in [4.69, 9.17) is 16.3 Å². The summed E-state index contributed by atoms with van der Waals surface area (Å²) in [6.07, 6.45) is 1.58. The number of amides is 1. The van der Waals surface area contributed by atoms with E-state index in [-0.39, 0.29) is 35.6 Å². The molecular weight excluding hydrogens is 453 g/mol. The zero-order chi connectivity index (χ0) is 23.4. The summed E-state index contributed by atoms with van der Waals surface area (Å²) in [6.45, 7) is 2.42. The lowest BCUT2D eigenvalue weighted by atomic mass is 10.1. The Morgan fingerprint density at radius 2 is 1.88 bits per heavy atom. The van der Waals surface area contributed by atoms with Crippen molar-refractivity contribution in [2.24, 2.45) is 0 Å². The van der Waals surface area contributed by atoms with Crippen molar-refractivity contribution in [3.8, 4) is 5.75 Å². The van der Waals surface area contributed by atoms with Crippen LogP contribution in [0.5, 0.6) is 5.75 Å². The molecular formula is C22H21ClFN5O4. The Balaban J connectivity index is 1.31. The van der Waals surface area contributed by atoms with Crippen LogP contribution < -0.4 is 4.74 Å². The lowest BCUT2D eigenvalue weighted by Gasteiger charge is -2.34. The predicted octanol–water partition coefficient (Wildman–Crippen LogP) is 3.58. The second-order valence-corrected chi connectivity index (χ2v) is 7.91. The van der Waals surface area contributed by atoms with E-state index >= 15 is 0 Å². The molecule has 0 atom stereocenters. The van der Waals surface area contributed by atoms with Crippen molar-refractivity contribution in [3.05, 3.63) is 86.9 Å². The standard InChI is InChI=1S/C22H21ClFN5O4/c23-17-4-3-5-18(24)16(17)14-26-10-12-27(13-11-26)22(30)19-8-9-28(25-19)15-33-21-7-2-1-6-20(21)29(31)32/h1-9H,10-15H2. The summed E-state index contributed by atoms with van der Waals surface area (Å²) in [4.78, 5) is 27.1. The number of hydrogen-bond donors (Lipinski definition) is 0. The van der Waals surface area contributed by atoms with Gasteiger partial charge in [0.2, 0.25) is 0 Å². The van der Waals surface area contributed by atoms with E-state index in [1.165, 1.54) is 22.9 Å². The van der Waals surface area contributed by atoms with Crippen LogP contribution in [0.25, 0.3) is 0 Å². The molecule has 1 amide bonds. The van der Waals surface area contributed by atoms with E-state index in [1.54, 1.807) is 41.4 Å². The van der Waals surface area contributed by atoms with Crippen molar-refractivity contribution in [1.82, 2.24) is 19.6 Å². The van der Waals surface area contributed by atoms with Gasteiger partial charge in [0.15, 0.2) is 18.2 Å². The molecule has 0 spiro atoms. The first-order chi connectivity index (χ1) is 15.9. The number of nitro groups is 1. The lowest BCUT2D eigenvalue weighted by molar-refractivity contribution is -0.386. The van der Waals surface area contributed by atoms with Gasteiger partial charge in [-0.3, -0.25) is 19.8 Å². The quantitative estimate of drug-likeness (QED) is 0.384. The Morgan fingerprint density at radius 1 is 1.12 bits per heavy atom. The molecule has 0 unspecified atom stereocenters. The number of nitrogens with zero attached hydrogens (tertiary/aromatic N) is 5. The summed E-state index contributed by atoms with van der Waals surface area (Å²) >= 11 is 6.11. The smallest absolute Gasteiger partial charge is 0.311 e. The number of carbonyl (C=O) groups is 1. The van der Waals surface area contributed by atoms with Crippen LogP contribution in [0.4, 0.5) is 10.1 Å². The average Bonchev–Trinajstić information content (AvgIpc) is 3.29. The maximum Gasteiger partial charge on any atom is 0.311 e. The summed E-state index contributed by atoms with van der Waals surface area (Å²) in [7, 11) is 0. The van der Waals surface area contributed by atoms with Crippen LogP contribution in [0, 0.1) is 15.9 Å². The minimum Gasteiger partial charge on any atom is -0.464 e. The Kier molecular flexibility index (Phi) is 6.85. The zero-order valence-electron chi connectivity index (χ0n) is 17.6. The Bertz CT molecular complexity index is 1140. The maximum absolute atomic E-state index is 14.0. The van der Waals surface area contributed by atoms with Crippen molar-refractivity contribution < 1.29 is 18.8 Å². The zero-order valence-corrected chi connectivity index (χ0v) is 18.3. The molecule has 33 heavy (non-hydrogen) atoms. The van der Waals surface area contributed by atoms with Crippen LogP contribution in [-0.4, -0.2) is 56.6 Å². The van der Waals surface area contributed by atoms with Gasteiger partial charge in [-0.2, -0.15) is 5.10 Å². The number of ether oxygens (including phenoxy) is 1. The number of nitro benzene ring substituents is 1. The van der Waals surface area contributed by atoms with Gasteiger partial charge in [0.1, 0.15) is 5.82 Å². The fourth-order valence-corrected chi connectivity index (χ4v) is 3.81. The van der Waals surface area contributed by atoms with Gasteiger partial charge in [-0.1, -0.05) is 29.8 Å². The molecule has 2 heterocycles. The highest BCUT2D eigenvalue weighted by Gasteiger charge is 2.25. The molecule has 1 aromatic heterocycles. The molecule has 0 N–H and O–H groups in total. The topological polar surface area (TPSA) is 93.7 Å². The lowest BCUT2D eigenvalue weighted by Crippen LogP contribution is -2.48. The van der Waals surface area contributed by atoms with E-state index in [0.29, 0.717) is 43.3 Å². The second kappa shape index (κ2) is 9.97. The van der Waals surface area contributed by atoms with Crippen molar-refractivity contribution in [1.29, 1.82) is 0 Å². The van der Waals surface area contributed by atoms with Crippen LogP contribution in [0.3, 0.4) is 0 Å². The van der Waals surface area contributed by atoms with Crippen molar-refractivity contribution in [3.63, 3.8) is 0 Å². The molecule has 3 aromatic rings. The van der Waals surface area contributed by atoms with Gasteiger partial charge in [0, 0.05) is 55.6 Å². The van der Waals surface area contributed by atoms with Crippen LogP contribution in [0.1, 0.15) is 16.1 Å². The first kappa shape index (κ1) is 22.7. The van der Waals surface area contributed by atoms with Gasteiger partial charge in [-0.15, -0.1) is 0 Å². The third-order valence-electron chi connectivity index (χ3n) is 5.38. The monoisotopic (exact) mass is 473 g/mol. The van der Waals surface area contributed by atoms with Gasteiger partial charge in [0.05, 0.1) is 4.92 Å². The molecule has 1 fully saturated rings. The fraction of sp³-hybridized carbons (Fsp3) is 0.273. The fourth-order valence-electron chi connectivity index (χ4n) is 3.59. The Hall–Kier alpha value is -3.50. The van der Waals surface area contributed by atoms with Crippen LogP contribution in [-0.2, 0) is 13.3 Å². The van der Waals surface area contributed by atoms with Crippen molar-refractivity contribution in [2.45, 2.75) is 13.3 Å². The van der Waals surface area contributed by atoms with E-state index in [2.05, 4.69) is 5.10 Å². The molecule has 172 valence electrons. The van der Waals surface area contributed by atoms with E-state index in [1.807, 2.05) is 4.90 Å². The molecule has 2 aromatic carbocycles. The molecule has 1 saturated heterocycles.